The molecule has 0 saturated heterocycles. The molecule has 1 aromatic rings. The zero-order chi connectivity index (χ0) is 16.8. The summed E-state index contributed by atoms with van der Waals surface area (Å²) in [5.41, 5.74) is 0.459. The lowest BCUT2D eigenvalue weighted by atomic mass is 10.1. The van der Waals surface area contributed by atoms with Gasteiger partial charge in [-0.3, -0.25) is 9.52 Å². The van der Waals surface area contributed by atoms with E-state index in [1.807, 2.05) is 0 Å². The van der Waals surface area contributed by atoms with Gasteiger partial charge in [0.05, 0.1) is 5.75 Å². The highest BCUT2D eigenvalue weighted by atomic mass is 32.2. The second kappa shape index (κ2) is 7.79. The number of amides is 1. The summed E-state index contributed by atoms with van der Waals surface area (Å²) in [4.78, 5) is 22.9. The van der Waals surface area contributed by atoms with Crippen molar-refractivity contribution < 1.29 is 23.1 Å². The largest absolute Gasteiger partial charge is 0.480 e. The maximum absolute atomic E-state index is 12.0. The molecule has 0 heterocycles. The Labute approximate surface area is 129 Å². The molecule has 122 valence electrons. The van der Waals surface area contributed by atoms with E-state index in [0.717, 1.165) is 0 Å². The first-order valence-corrected chi connectivity index (χ1v) is 8.58. The predicted molar refractivity (Wildman–Crippen MR) is 83.3 cm³/mol. The van der Waals surface area contributed by atoms with Crippen molar-refractivity contribution in [3.05, 3.63) is 29.8 Å². The van der Waals surface area contributed by atoms with Crippen LogP contribution in [0.4, 0.5) is 5.69 Å². The molecule has 1 atom stereocenters. The molecular formula is C14H20N2O5S. The van der Waals surface area contributed by atoms with Crippen LogP contribution in [0.3, 0.4) is 0 Å². The van der Waals surface area contributed by atoms with Crippen molar-refractivity contribution in [2.45, 2.75) is 32.7 Å². The average Bonchev–Trinajstić information content (AvgIpc) is 2.43. The van der Waals surface area contributed by atoms with Gasteiger partial charge in [-0.05, 0) is 31.0 Å². The van der Waals surface area contributed by atoms with E-state index in [1.165, 1.54) is 24.3 Å². The number of hydrogen-bond acceptors (Lipinski definition) is 4. The van der Waals surface area contributed by atoms with Crippen LogP contribution in [0, 0.1) is 0 Å². The zero-order valence-corrected chi connectivity index (χ0v) is 13.3. The van der Waals surface area contributed by atoms with Crippen molar-refractivity contribution >= 4 is 27.6 Å². The Morgan fingerprint density at radius 2 is 1.95 bits per heavy atom. The van der Waals surface area contributed by atoms with Gasteiger partial charge >= 0.3 is 5.97 Å². The van der Waals surface area contributed by atoms with Gasteiger partial charge in [0.2, 0.25) is 10.0 Å². The Morgan fingerprint density at radius 1 is 1.27 bits per heavy atom. The first kappa shape index (κ1) is 18.0. The van der Waals surface area contributed by atoms with Crippen LogP contribution in [-0.2, 0) is 14.8 Å². The van der Waals surface area contributed by atoms with Crippen LogP contribution in [-0.4, -0.2) is 37.2 Å². The molecule has 0 aliphatic carbocycles. The van der Waals surface area contributed by atoms with Gasteiger partial charge in [-0.2, -0.15) is 0 Å². The number of anilines is 1. The molecular weight excluding hydrogens is 308 g/mol. The van der Waals surface area contributed by atoms with Crippen LogP contribution in [0.5, 0.6) is 0 Å². The Bertz CT molecular complexity index is 642. The van der Waals surface area contributed by atoms with Crippen molar-refractivity contribution in [1.29, 1.82) is 0 Å². The molecule has 0 radical (unpaired) electrons. The average molecular weight is 328 g/mol. The summed E-state index contributed by atoms with van der Waals surface area (Å²) in [5.74, 6) is -1.69. The monoisotopic (exact) mass is 328 g/mol. The van der Waals surface area contributed by atoms with Crippen molar-refractivity contribution in [3.63, 3.8) is 0 Å². The van der Waals surface area contributed by atoms with Gasteiger partial charge in [0.25, 0.3) is 5.91 Å². The summed E-state index contributed by atoms with van der Waals surface area (Å²) in [6, 6.07) is 4.94. The molecule has 0 aliphatic rings. The molecule has 3 N–H and O–H groups in total. The van der Waals surface area contributed by atoms with E-state index in [4.69, 9.17) is 5.11 Å². The molecule has 0 spiro atoms. The van der Waals surface area contributed by atoms with E-state index < -0.39 is 27.9 Å². The number of rotatable bonds is 8. The number of carboxylic acid groups (broad SMARTS) is 1. The second-order valence-corrected chi connectivity index (χ2v) is 6.62. The molecule has 1 aromatic carbocycles. The second-order valence-electron chi connectivity index (χ2n) is 4.77. The number of sulfonamides is 1. The molecule has 0 saturated carbocycles. The lowest BCUT2D eigenvalue weighted by molar-refractivity contribution is -0.139. The highest BCUT2D eigenvalue weighted by Gasteiger charge is 2.19. The summed E-state index contributed by atoms with van der Waals surface area (Å²) in [6.07, 6.45) is 0.732. The molecule has 7 nitrogen and oxygen atoms in total. The molecule has 0 fully saturated rings. The standard InChI is InChI=1S/C14H20N2O5S/c1-3-8-22(20,21)16-11-7-5-6-10(9-11)13(17)15-12(4-2)14(18)19/h5-7,9,12,16H,3-4,8H2,1-2H3,(H,15,17)(H,18,19). The molecule has 0 aliphatic heterocycles. The minimum Gasteiger partial charge on any atom is -0.480 e. The number of nitrogens with one attached hydrogen (secondary N) is 2. The Morgan fingerprint density at radius 3 is 2.50 bits per heavy atom. The van der Waals surface area contributed by atoms with E-state index in [1.54, 1.807) is 13.8 Å². The first-order valence-electron chi connectivity index (χ1n) is 6.93. The quantitative estimate of drug-likeness (QED) is 0.668. The Kier molecular flexibility index (Phi) is 6.36. The predicted octanol–water partition coefficient (Wildman–Crippen LogP) is 1.43. The number of carbonyl (C=O) groups is 2. The van der Waals surface area contributed by atoms with Gasteiger partial charge in [-0.25, -0.2) is 13.2 Å². The van der Waals surface area contributed by atoms with Crippen molar-refractivity contribution in [1.82, 2.24) is 5.32 Å². The number of carbonyl (C=O) groups excluding carboxylic acids is 1. The van der Waals surface area contributed by atoms with Crippen molar-refractivity contribution in [2.75, 3.05) is 10.5 Å². The summed E-state index contributed by atoms with van der Waals surface area (Å²) >= 11 is 0. The maximum Gasteiger partial charge on any atom is 0.326 e. The molecule has 22 heavy (non-hydrogen) atoms. The van der Waals surface area contributed by atoms with Gasteiger partial charge in [-0.1, -0.05) is 19.9 Å². The van der Waals surface area contributed by atoms with Gasteiger partial charge in [0.15, 0.2) is 0 Å². The minimum atomic E-state index is -3.44. The van der Waals surface area contributed by atoms with Gasteiger partial charge in [0.1, 0.15) is 6.04 Å². The smallest absolute Gasteiger partial charge is 0.326 e. The topological polar surface area (TPSA) is 113 Å². The van der Waals surface area contributed by atoms with Crippen molar-refractivity contribution in [2.24, 2.45) is 0 Å². The number of aliphatic carboxylic acids is 1. The summed E-state index contributed by atoms with van der Waals surface area (Å²) in [7, 11) is -3.44. The highest BCUT2D eigenvalue weighted by Crippen LogP contribution is 2.13. The Balaban J connectivity index is 2.88. The molecule has 1 rings (SSSR count). The fourth-order valence-electron chi connectivity index (χ4n) is 1.80. The third kappa shape index (κ3) is 5.36. The third-order valence-electron chi connectivity index (χ3n) is 2.88. The van der Waals surface area contributed by atoms with E-state index in [2.05, 4.69) is 10.0 Å². The summed E-state index contributed by atoms with van der Waals surface area (Å²) < 4.78 is 25.8. The lowest BCUT2D eigenvalue weighted by Gasteiger charge is -2.13. The molecule has 1 amide bonds. The SMILES string of the molecule is CCCS(=O)(=O)Nc1cccc(C(=O)NC(CC)C(=O)O)c1. The highest BCUT2D eigenvalue weighted by molar-refractivity contribution is 7.92. The summed E-state index contributed by atoms with van der Waals surface area (Å²) in [5, 5.41) is 11.3. The van der Waals surface area contributed by atoms with Gasteiger partial charge in [-0.15, -0.1) is 0 Å². The van der Waals surface area contributed by atoms with Crippen LogP contribution < -0.4 is 10.0 Å². The van der Waals surface area contributed by atoms with Crippen LogP contribution in [0.25, 0.3) is 0 Å². The minimum absolute atomic E-state index is 0.0135. The number of hydrogen-bond donors (Lipinski definition) is 3. The van der Waals surface area contributed by atoms with Crippen LogP contribution in [0.2, 0.25) is 0 Å². The molecule has 8 heteroatoms. The fourth-order valence-corrected chi connectivity index (χ4v) is 2.93. The van der Waals surface area contributed by atoms with Crippen LogP contribution in [0.15, 0.2) is 24.3 Å². The first-order chi connectivity index (χ1) is 10.3. The van der Waals surface area contributed by atoms with Crippen LogP contribution >= 0.6 is 0 Å². The number of carboxylic acids is 1. The number of benzene rings is 1. The van der Waals surface area contributed by atoms with Gasteiger partial charge < -0.3 is 10.4 Å². The van der Waals surface area contributed by atoms with E-state index in [0.29, 0.717) is 6.42 Å². The lowest BCUT2D eigenvalue weighted by Crippen LogP contribution is -2.40. The van der Waals surface area contributed by atoms with Gasteiger partial charge in [0, 0.05) is 11.3 Å². The van der Waals surface area contributed by atoms with Crippen LogP contribution in [0.1, 0.15) is 37.0 Å². The molecule has 0 bridgehead atoms. The Hall–Kier alpha value is -2.09. The normalized spacial score (nSPS) is 12.5. The van der Waals surface area contributed by atoms with E-state index >= 15 is 0 Å². The van der Waals surface area contributed by atoms with E-state index in [-0.39, 0.29) is 23.4 Å². The summed E-state index contributed by atoms with van der Waals surface area (Å²) in [6.45, 7) is 3.40. The zero-order valence-electron chi connectivity index (χ0n) is 12.5. The molecule has 0 aromatic heterocycles. The van der Waals surface area contributed by atoms with E-state index in [9.17, 15) is 18.0 Å². The molecule has 1 unspecified atom stereocenters. The third-order valence-corrected chi connectivity index (χ3v) is 4.38. The van der Waals surface area contributed by atoms with Crippen molar-refractivity contribution in [3.8, 4) is 0 Å². The fraction of sp³-hybridized carbons (Fsp3) is 0.429. The maximum atomic E-state index is 12.0.